The van der Waals surface area contributed by atoms with E-state index in [-0.39, 0.29) is 12.1 Å². The summed E-state index contributed by atoms with van der Waals surface area (Å²) >= 11 is 0. The van der Waals surface area contributed by atoms with Gasteiger partial charge in [0.25, 0.3) is 0 Å². The van der Waals surface area contributed by atoms with Crippen LogP contribution in [0.4, 0.5) is 5.82 Å². The molecule has 0 bridgehead atoms. The molecule has 2 heterocycles. The highest BCUT2D eigenvalue weighted by atomic mass is 16.5. The molecule has 0 amide bonds. The van der Waals surface area contributed by atoms with Crippen molar-refractivity contribution in [2.45, 2.75) is 31.4 Å². The first-order chi connectivity index (χ1) is 10.9. The first-order valence-corrected chi connectivity index (χ1v) is 7.77. The smallest absolute Gasteiger partial charge is 0.151 e. The third-order valence-corrected chi connectivity index (χ3v) is 4.03. The second-order valence-electron chi connectivity index (χ2n) is 5.47. The van der Waals surface area contributed by atoms with Crippen LogP contribution in [0.15, 0.2) is 61.3 Å². The van der Waals surface area contributed by atoms with Crippen molar-refractivity contribution in [1.29, 1.82) is 0 Å². The van der Waals surface area contributed by atoms with E-state index in [1.54, 1.807) is 6.20 Å². The van der Waals surface area contributed by atoms with Crippen LogP contribution in [0.25, 0.3) is 0 Å². The van der Waals surface area contributed by atoms with Gasteiger partial charge in [0.05, 0.1) is 6.04 Å². The number of hydrogen-bond donors (Lipinski definition) is 0. The highest BCUT2D eigenvalue weighted by Crippen LogP contribution is 2.27. The van der Waals surface area contributed by atoms with E-state index in [1.807, 2.05) is 48.5 Å². The Hall–Kier alpha value is -2.36. The fraction of sp³-hybridized carbons (Fsp3) is 0.333. The third kappa shape index (κ3) is 3.27. The quantitative estimate of drug-likeness (QED) is 0.792. The molecular weight excluding hydrogens is 274 g/mol. The Balaban J connectivity index is 1.80. The van der Waals surface area contributed by atoms with Crippen molar-refractivity contribution in [3.05, 3.63) is 61.3 Å². The molecule has 114 valence electrons. The van der Waals surface area contributed by atoms with Crippen molar-refractivity contribution in [2.75, 3.05) is 11.4 Å². The Morgan fingerprint density at radius 2 is 2.05 bits per heavy atom. The van der Waals surface area contributed by atoms with E-state index >= 15 is 0 Å². The minimum atomic E-state index is -0.0651. The zero-order chi connectivity index (χ0) is 15.2. The average molecular weight is 295 g/mol. The lowest BCUT2D eigenvalue weighted by Crippen LogP contribution is -2.48. The van der Waals surface area contributed by atoms with Gasteiger partial charge in [0.15, 0.2) is 5.82 Å². The predicted molar refractivity (Wildman–Crippen MR) is 88.1 cm³/mol. The average Bonchev–Trinajstić information content (AvgIpc) is 2.61. The summed E-state index contributed by atoms with van der Waals surface area (Å²) in [6, 6.07) is 14.1. The Labute approximate surface area is 131 Å². The van der Waals surface area contributed by atoms with Gasteiger partial charge in [-0.25, -0.2) is 0 Å². The molecule has 1 aromatic heterocycles. The SMILES string of the molecule is C=CC(Oc1ccccc1)C1CCCCN1c1cccnn1. The van der Waals surface area contributed by atoms with Gasteiger partial charge in [0.1, 0.15) is 11.9 Å². The van der Waals surface area contributed by atoms with Gasteiger partial charge < -0.3 is 9.64 Å². The van der Waals surface area contributed by atoms with Crippen LogP contribution in [-0.2, 0) is 0 Å². The van der Waals surface area contributed by atoms with Crippen LogP contribution >= 0.6 is 0 Å². The van der Waals surface area contributed by atoms with E-state index < -0.39 is 0 Å². The number of anilines is 1. The number of nitrogens with zero attached hydrogens (tertiary/aromatic N) is 3. The highest BCUT2D eigenvalue weighted by Gasteiger charge is 2.30. The third-order valence-electron chi connectivity index (χ3n) is 4.03. The first kappa shape index (κ1) is 14.6. The molecule has 0 spiro atoms. The maximum atomic E-state index is 6.15. The molecule has 0 aliphatic carbocycles. The normalized spacial score (nSPS) is 19.5. The van der Waals surface area contributed by atoms with E-state index in [0.29, 0.717) is 0 Å². The maximum Gasteiger partial charge on any atom is 0.151 e. The van der Waals surface area contributed by atoms with Gasteiger partial charge in [-0.1, -0.05) is 24.8 Å². The van der Waals surface area contributed by atoms with Gasteiger partial charge in [0.2, 0.25) is 0 Å². The number of rotatable bonds is 5. The summed E-state index contributed by atoms with van der Waals surface area (Å²) in [5.41, 5.74) is 0. The van der Waals surface area contributed by atoms with Crippen LogP contribution in [0, 0.1) is 0 Å². The fourth-order valence-electron chi connectivity index (χ4n) is 2.97. The Kier molecular flexibility index (Phi) is 4.68. The van der Waals surface area contributed by atoms with Crippen molar-refractivity contribution in [1.82, 2.24) is 10.2 Å². The summed E-state index contributed by atoms with van der Waals surface area (Å²) in [4.78, 5) is 2.30. The maximum absolute atomic E-state index is 6.15. The molecule has 1 aromatic carbocycles. The Morgan fingerprint density at radius 1 is 1.18 bits per heavy atom. The van der Waals surface area contributed by atoms with Gasteiger partial charge in [-0.2, -0.15) is 5.10 Å². The van der Waals surface area contributed by atoms with Crippen molar-refractivity contribution < 1.29 is 4.74 Å². The molecule has 4 heteroatoms. The molecule has 0 saturated carbocycles. The zero-order valence-corrected chi connectivity index (χ0v) is 12.6. The first-order valence-electron chi connectivity index (χ1n) is 7.77. The van der Waals surface area contributed by atoms with Crippen LogP contribution in [0.2, 0.25) is 0 Å². The molecule has 1 aliphatic heterocycles. The van der Waals surface area contributed by atoms with Crippen molar-refractivity contribution in [3.8, 4) is 5.75 Å². The molecule has 2 aromatic rings. The lowest BCUT2D eigenvalue weighted by Gasteiger charge is -2.39. The monoisotopic (exact) mass is 295 g/mol. The van der Waals surface area contributed by atoms with Crippen molar-refractivity contribution in [2.24, 2.45) is 0 Å². The Bertz CT molecular complexity index is 588. The fourth-order valence-corrected chi connectivity index (χ4v) is 2.97. The lowest BCUT2D eigenvalue weighted by molar-refractivity contribution is 0.194. The number of piperidine rings is 1. The summed E-state index contributed by atoms with van der Waals surface area (Å²) in [6.45, 7) is 4.95. The van der Waals surface area contributed by atoms with Gasteiger partial charge >= 0.3 is 0 Å². The number of aromatic nitrogens is 2. The predicted octanol–water partition coefficient (Wildman–Crippen LogP) is 3.47. The molecule has 1 fully saturated rings. The van der Waals surface area contributed by atoms with E-state index in [0.717, 1.165) is 24.5 Å². The number of hydrogen-bond acceptors (Lipinski definition) is 4. The van der Waals surface area contributed by atoms with Gasteiger partial charge in [-0.15, -0.1) is 5.10 Å². The Morgan fingerprint density at radius 3 is 2.77 bits per heavy atom. The van der Waals surface area contributed by atoms with E-state index in [1.165, 1.54) is 12.8 Å². The largest absolute Gasteiger partial charge is 0.484 e. The highest BCUT2D eigenvalue weighted by molar-refractivity contribution is 5.40. The van der Waals surface area contributed by atoms with Gasteiger partial charge in [0, 0.05) is 12.7 Å². The second kappa shape index (κ2) is 7.07. The minimum Gasteiger partial charge on any atom is -0.484 e. The van der Waals surface area contributed by atoms with E-state index in [9.17, 15) is 0 Å². The zero-order valence-electron chi connectivity index (χ0n) is 12.6. The molecule has 3 rings (SSSR count). The molecule has 1 aliphatic rings. The van der Waals surface area contributed by atoms with Gasteiger partial charge in [-0.3, -0.25) is 0 Å². The standard InChI is InChI=1S/C18H21N3O/c1-2-17(22-15-9-4-3-5-10-15)16-11-6-7-14-21(16)18-12-8-13-19-20-18/h2-5,8-10,12-13,16-17H,1,6-7,11,14H2. The molecule has 1 saturated heterocycles. The van der Waals surface area contributed by atoms with E-state index in [2.05, 4.69) is 21.7 Å². The summed E-state index contributed by atoms with van der Waals surface area (Å²) < 4.78 is 6.15. The number of ether oxygens (including phenoxy) is 1. The summed E-state index contributed by atoms with van der Waals surface area (Å²) in [5.74, 6) is 1.78. The molecule has 2 atom stereocenters. The summed E-state index contributed by atoms with van der Waals surface area (Å²) in [7, 11) is 0. The van der Waals surface area contributed by atoms with E-state index in [4.69, 9.17) is 4.74 Å². The van der Waals surface area contributed by atoms with Crippen LogP contribution < -0.4 is 9.64 Å². The lowest BCUT2D eigenvalue weighted by atomic mass is 9.97. The molecule has 0 radical (unpaired) electrons. The minimum absolute atomic E-state index is 0.0651. The summed E-state index contributed by atoms with van der Waals surface area (Å²) in [5, 5.41) is 8.27. The molecule has 0 N–H and O–H groups in total. The topological polar surface area (TPSA) is 38.2 Å². The van der Waals surface area contributed by atoms with Crippen LogP contribution in [-0.4, -0.2) is 28.9 Å². The molecule has 2 unspecified atom stereocenters. The second-order valence-corrected chi connectivity index (χ2v) is 5.47. The van der Waals surface area contributed by atoms with Gasteiger partial charge in [-0.05, 0) is 49.6 Å². The molecule has 4 nitrogen and oxygen atoms in total. The number of benzene rings is 1. The van der Waals surface area contributed by atoms with Crippen molar-refractivity contribution in [3.63, 3.8) is 0 Å². The van der Waals surface area contributed by atoms with Crippen LogP contribution in [0.1, 0.15) is 19.3 Å². The molecule has 22 heavy (non-hydrogen) atoms. The van der Waals surface area contributed by atoms with Crippen molar-refractivity contribution >= 4 is 5.82 Å². The van der Waals surface area contributed by atoms with Crippen LogP contribution in [0.3, 0.4) is 0 Å². The number of para-hydroxylation sites is 1. The van der Waals surface area contributed by atoms with Crippen LogP contribution in [0.5, 0.6) is 5.75 Å². The summed E-state index contributed by atoms with van der Waals surface area (Å²) in [6.07, 6.45) is 6.97. The molecular formula is C18H21N3O.